The maximum absolute atomic E-state index is 5.79. The van der Waals surface area contributed by atoms with Gasteiger partial charge in [-0.25, -0.2) is 10.4 Å². The van der Waals surface area contributed by atoms with Gasteiger partial charge in [-0.05, 0) is 24.3 Å². The summed E-state index contributed by atoms with van der Waals surface area (Å²) in [6, 6.07) is 12.0. The SMILES string of the molecule is CCc1ccc(C(Cc2nc3ccccc3n2C)NN)o1. The molecular formula is C16H20N4O. The summed E-state index contributed by atoms with van der Waals surface area (Å²) in [7, 11) is 2.03. The average Bonchev–Trinajstić information content (AvgIpc) is 3.10. The maximum Gasteiger partial charge on any atom is 0.122 e. The average molecular weight is 284 g/mol. The molecule has 3 N–H and O–H groups in total. The fourth-order valence-corrected chi connectivity index (χ4v) is 2.57. The highest BCUT2D eigenvalue weighted by atomic mass is 16.3. The van der Waals surface area contributed by atoms with Crippen molar-refractivity contribution in [3.05, 3.63) is 53.7 Å². The molecule has 2 aromatic heterocycles. The first-order valence-electron chi connectivity index (χ1n) is 7.18. The molecule has 1 aromatic carbocycles. The van der Waals surface area contributed by atoms with Crippen molar-refractivity contribution in [2.45, 2.75) is 25.8 Å². The third kappa shape index (κ3) is 2.57. The highest BCUT2D eigenvalue weighted by Crippen LogP contribution is 2.22. The molecule has 1 atom stereocenters. The predicted molar refractivity (Wildman–Crippen MR) is 82.6 cm³/mol. The van der Waals surface area contributed by atoms with Crippen LogP contribution >= 0.6 is 0 Å². The van der Waals surface area contributed by atoms with Crippen LogP contribution in [-0.2, 0) is 19.9 Å². The summed E-state index contributed by atoms with van der Waals surface area (Å²) in [4.78, 5) is 4.68. The Kier molecular flexibility index (Phi) is 3.77. The van der Waals surface area contributed by atoms with Gasteiger partial charge in [0, 0.05) is 19.9 Å². The second kappa shape index (κ2) is 5.71. The summed E-state index contributed by atoms with van der Waals surface area (Å²) in [5.74, 6) is 8.50. The third-order valence-corrected chi connectivity index (χ3v) is 3.84. The number of benzene rings is 1. The van der Waals surface area contributed by atoms with E-state index in [0.717, 1.165) is 34.8 Å². The molecule has 0 saturated carbocycles. The van der Waals surface area contributed by atoms with E-state index in [1.54, 1.807) is 0 Å². The lowest BCUT2D eigenvalue weighted by Crippen LogP contribution is -2.30. The van der Waals surface area contributed by atoms with Crippen LogP contribution < -0.4 is 11.3 Å². The first kappa shape index (κ1) is 13.9. The van der Waals surface area contributed by atoms with Crippen molar-refractivity contribution in [3.63, 3.8) is 0 Å². The number of para-hydroxylation sites is 2. The molecule has 5 heteroatoms. The quantitative estimate of drug-likeness (QED) is 0.558. The van der Waals surface area contributed by atoms with Crippen LogP contribution in [0.15, 0.2) is 40.8 Å². The fourth-order valence-electron chi connectivity index (χ4n) is 2.57. The van der Waals surface area contributed by atoms with Crippen LogP contribution in [0.5, 0.6) is 0 Å². The zero-order valence-corrected chi connectivity index (χ0v) is 12.3. The van der Waals surface area contributed by atoms with Gasteiger partial charge < -0.3 is 8.98 Å². The summed E-state index contributed by atoms with van der Waals surface area (Å²) in [5, 5.41) is 0. The Morgan fingerprint density at radius 3 is 2.76 bits per heavy atom. The highest BCUT2D eigenvalue weighted by Gasteiger charge is 2.18. The van der Waals surface area contributed by atoms with Crippen molar-refractivity contribution >= 4 is 11.0 Å². The van der Waals surface area contributed by atoms with Crippen molar-refractivity contribution < 1.29 is 4.42 Å². The van der Waals surface area contributed by atoms with Gasteiger partial charge in [-0.15, -0.1) is 0 Å². The van der Waals surface area contributed by atoms with E-state index in [1.807, 2.05) is 37.4 Å². The molecule has 3 rings (SSSR count). The summed E-state index contributed by atoms with van der Waals surface area (Å²) in [6.45, 7) is 2.07. The minimum atomic E-state index is -0.0826. The molecule has 0 spiro atoms. The molecule has 21 heavy (non-hydrogen) atoms. The Balaban J connectivity index is 1.90. The first-order chi connectivity index (χ1) is 10.2. The Labute approximate surface area is 123 Å². The van der Waals surface area contributed by atoms with E-state index in [-0.39, 0.29) is 6.04 Å². The summed E-state index contributed by atoms with van der Waals surface area (Å²) < 4.78 is 7.89. The van der Waals surface area contributed by atoms with Crippen molar-refractivity contribution in [3.8, 4) is 0 Å². The fraction of sp³-hybridized carbons (Fsp3) is 0.312. The van der Waals surface area contributed by atoms with Gasteiger partial charge in [0.05, 0.1) is 17.1 Å². The number of aryl methyl sites for hydroxylation is 2. The number of hydrazine groups is 1. The molecule has 5 nitrogen and oxygen atoms in total. The molecule has 0 aliphatic heterocycles. The Hall–Kier alpha value is -2.11. The third-order valence-electron chi connectivity index (χ3n) is 3.84. The van der Waals surface area contributed by atoms with Gasteiger partial charge in [0.1, 0.15) is 17.3 Å². The van der Waals surface area contributed by atoms with Gasteiger partial charge in [0.25, 0.3) is 0 Å². The maximum atomic E-state index is 5.79. The molecule has 1 unspecified atom stereocenters. The Morgan fingerprint density at radius 1 is 1.29 bits per heavy atom. The number of imidazole rings is 1. The largest absolute Gasteiger partial charge is 0.464 e. The van der Waals surface area contributed by atoms with Crippen LogP contribution in [-0.4, -0.2) is 9.55 Å². The van der Waals surface area contributed by atoms with Crippen molar-refractivity contribution in [1.82, 2.24) is 15.0 Å². The van der Waals surface area contributed by atoms with Crippen molar-refractivity contribution in [2.75, 3.05) is 0 Å². The van der Waals surface area contributed by atoms with E-state index >= 15 is 0 Å². The zero-order valence-electron chi connectivity index (χ0n) is 12.3. The molecule has 3 aromatic rings. The predicted octanol–water partition coefficient (Wildman–Crippen LogP) is 2.48. The number of fused-ring (bicyclic) bond motifs is 1. The lowest BCUT2D eigenvalue weighted by molar-refractivity contribution is 0.391. The summed E-state index contributed by atoms with van der Waals surface area (Å²) in [5.41, 5.74) is 4.95. The van der Waals surface area contributed by atoms with Crippen LogP contribution in [0, 0.1) is 0 Å². The monoisotopic (exact) mass is 284 g/mol. The number of nitrogens with two attached hydrogens (primary N) is 1. The minimum Gasteiger partial charge on any atom is -0.464 e. The minimum absolute atomic E-state index is 0.0826. The standard InChI is InChI=1S/C16H20N4O/c1-3-11-8-9-15(21-11)13(19-17)10-16-18-12-6-4-5-7-14(12)20(16)2/h4-9,13,19H,3,10,17H2,1-2H3. The molecule has 0 fully saturated rings. The molecule has 0 radical (unpaired) electrons. The molecule has 0 aliphatic rings. The molecule has 0 aliphatic carbocycles. The molecule has 110 valence electrons. The lowest BCUT2D eigenvalue weighted by atomic mass is 10.1. The first-order valence-corrected chi connectivity index (χ1v) is 7.18. The van der Waals surface area contributed by atoms with Crippen LogP contribution in [0.2, 0.25) is 0 Å². The molecule has 2 heterocycles. The van der Waals surface area contributed by atoms with E-state index < -0.39 is 0 Å². The van der Waals surface area contributed by atoms with Crippen molar-refractivity contribution in [1.29, 1.82) is 0 Å². The highest BCUT2D eigenvalue weighted by molar-refractivity contribution is 5.75. The van der Waals surface area contributed by atoms with Gasteiger partial charge >= 0.3 is 0 Å². The van der Waals surface area contributed by atoms with E-state index in [0.29, 0.717) is 6.42 Å². The number of aromatic nitrogens is 2. The van der Waals surface area contributed by atoms with Gasteiger partial charge in [-0.3, -0.25) is 5.84 Å². The zero-order chi connectivity index (χ0) is 14.8. The van der Waals surface area contributed by atoms with Crippen LogP contribution in [0.3, 0.4) is 0 Å². The second-order valence-corrected chi connectivity index (χ2v) is 5.16. The Morgan fingerprint density at radius 2 is 2.10 bits per heavy atom. The topological polar surface area (TPSA) is 69.0 Å². The van der Waals surface area contributed by atoms with Gasteiger partial charge in [0.2, 0.25) is 0 Å². The van der Waals surface area contributed by atoms with Crippen LogP contribution in [0.1, 0.15) is 30.3 Å². The Bertz CT molecular complexity index is 744. The van der Waals surface area contributed by atoms with E-state index in [1.165, 1.54) is 0 Å². The van der Waals surface area contributed by atoms with Gasteiger partial charge in [0.15, 0.2) is 0 Å². The summed E-state index contributed by atoms with van der Waals surface area (Å²) >= 11 is 0. The van der Waals surface area contributed by atoms with E-state index in [4.69, 9.17) is 10.3 Å². The van der Waals surface area contributed by atoms with Crippen molar-refractivity contribution in [2.24, 2.45) is 12.9 Å². The number of nitrogens with one attached hydrogen (secondary N) is 1. The summed E-state index contributed by atoms with van der Waals surface area (Å²) in [6.07, 6.45) is 1.56. The van der Waals surface area contributed by atoms with Gasteiger partial charge in [-0.1, -0.05) is 19.1 Å². The molecule has 0 bridgehead atoms. The van der Waals surface area contributed by atoms with Gasteiger partial charge in [-0.2, -0.15) is 0 Å². The lowest BCUT2D eigenvalue weighted by Gasteiger charge is -2.13. The van der Waals surface area contributed by atoms with Crippen LogP contribution in [0.4, 0.5) is 0 Å². The normalized spacial score (nSPS) is 12.9. The second-order valence-electron chi connectivity index (χ2n) is 5.16. The van der Waals surface area contributed by atoms with Crippen LogP contribution in [0.25, 0.3) is 11.0 Å². The molecule has 0 amide bonds. The molecule has 0 saturated heterocycles. The smallest absolute Gasteiger partial charge is 0.122 e. The number of furan rings is 1. The number of hydrogen-bond acceptors (Lipinski definition) is 4. The van der Waals surface area contributed by atoms with E-state index in [9.17, 15) is 0 Å². The number of nitrogens with zero attached hydrogens (tertiary/aromatic N) is 2. The number of hydrogen-bond donors (Lipinski definition) is 2. The number of rotatable bonds is 5. The van der Waals surface area contributed by atoms with E-state index in [2.05, 4.69) is 28.0 Å². The molecular weight excluding hydrogens is 264 g/mol.